The molecular weight excluding hydrogens is 320 g/mol. The molecule has 20 heavy (non-hydrogen) atoms. The highest BCUT2D eigenvalue weighted by atomic mass is 79.9. The average Bonchev–Trinajstić information content (AvgIpc) is 2.45. The summed E-state index contributed by atoms with van der Waals surface area (Å²) in [6.45, 7) is 1.98. The third-order valence-electron chi connectivity index (χ3n) is 2.67. The summed E-state index contributed by atoms with van der Waals surface area (Å²) in [6, 6.07) is 14.4. The molecule has 0 aliphatic rings. The van der Waals surface area contributed by atoms with Crippen molar-refractivity contribution in [3.05, 3.63) is 69.7 Å². The number of hydrogen-bond acceptors (Lipinski definition) is 3. The first-order valence-corrected chi connectivity index (χ1v) is 6.73. The molecule has 0 unspecified atom stereocenters. The molecule has 2 aromatic carbocycles. The number of aryl methyl sites for hydroxylation is 1. The van der Waals surface area contributed by atoms with E-state index < -0.39 is 5.97 Å². The number of nitrogens with zero attached hydrogens (tertiary/aromatic N) is 1. The molecule has 0 fully saturated rings. The van der Waals surface area contributed by atoms with Crippen LogP contribution in [0.4, 0.5) is 0 Å². The summed E-state index contributed by atoms with van der Waals surface area (Å²) in [5, 5.41) is 3.67. The van der Waals surface area contributed by atoms with Crippen LogP contribution in [0.15, 0.2) is 58.2 Å². The summed E-state index contributed by atoms with van der Waals surface area (Å²) >= 11 is 3.28. The Morgan fingerprint density at radius 1 is 1.15 bits per heavy atom. The number of nitrogens with two attached hydrogens (primary N) is 1. The normalized spacial score (nSPS) is 11.2. The molecular formula is C15H13BrN2O2. The second kappa shape index (κ2) is 6.34. The predicted molar refractivity (Wildman–Crippen MR) is 81.5 cm³/mol. The van der Waals surface area contributed by atoms with E-state index in [1.54, 1.807) is 18.2 Å². The molecule has 0 amide bonds. The van der Waals surface area contributed by atoms with Gasteiger partial charge in [0.05, 0.1) is 5.56 Å². The fourth-order valence-electron chi connectivity index (χ4n) is 1.54. The molecule has 0 bridgehead atoms. The van der Waals surface area contributed by atoms with Crippen LogP contribution in [0.5, 0.6) is 0 Å². The lowest BCUT2D eigenvalue weighted by Gasteiger charge is -2.03. The van der Waals surface area contributed by atoms with Gasteiger partial charge in [0.15, 0.2) is 5.84 Å². The Kier molecular flexibility index (Phi) is 4.53. The Morgan fingerprint density at radius 3 is 2.45 bits per heavy atom. The van der Waals surface area contributed by atoms with Crippen LogP contribution in [0, 0.1) is 6.92 Å². The van der Waals surface area contributed by atoms with Gasteiger partial charge in [-0.15, -0.1) is 0 Å². The topological polar surface area (TPSA) is 64.7 Å². The highest BCUT2D eigenvalue weighted by Gasteiger charge is 2.11. The lowest BCUT2D eigenvalue weighted by molar-refractivity contribution is 0.0515. The third-order valence-corrected chi connectivity index (χ3v) is 3.36. The molecule has 0 aromatic heterocycles. The van der Waals surface area contributed by atoms with Crippen LogP contribution in [0.25, 0.3) is 0 Å². The van der Waals surface area contributed by atoms with Gasteiger partial charge in [0.25, 0.3) is 0 Å². The Bertz CT molecular complexity index is 651. The Balaban J connectivity index is 2.11. The quantitative estimate of drug-likeness (QED) is 0.406. The van der Waals surface area contributed by atoms with Crippen molar-refractivity contribution in [2.24, 2.45) is 10.9 Å². The second-order valence-electron chi connectivity index (χ2n) is 4.20. The van der Waals surface area contributed by atoms with E-state index in [4.69, 9.17) is 10.6 Å². The number of benzene rings is 2. The molecule has 2 N–H and O–H groups in total. The molecule has 0 saturated heterocycles. The van der Waals surface area contributed by atoms with Gasteiger partial charge in [0.1, 0.15) is 0 Å². The van der Waals surface area contributed by atoms with Crippen molar-refractivity contribution in [1.82, 2.24) is 0 Å². The fraction of sp³-hybridized carbons (Fsp3) is 0.0667. The molecule has 102 valence electrons. The summed E-state index contributed by atoms with van der Waals surface area (Å²) in [6.07, 6.45) is 0. The lowest BCUT2D eigenvalue weighted by Crippen LogP contribution is -2.15. The maximum atomic E-state index is 11.8. The number of oxime groups is 1. The molecule has 5 heteroatoms. The minimum atomic E-state index is -0.562. The number of halogens is 1. The van der Waals surface area contributed by atoms with Crippen LogP contribution in [0.1, 0.15) is 21.5 Å². The first-order valence-electron chi connectivity index (χ1n) is 5.94. The summed E-state index contributed by atoms with van der Waals surface area (Å²) in [5.41, 5.74) is 7.99. The van der Waals surface area contributed by atoms with Gasteiger partial charge in [-0.25, -0.2) is 4.79 Å². The molecule has 0 atom stereocenters. The number of amidine groups is 1. The first kappa shape index (κ1) is 14.3. The zero-order valence-electron chi connectivity index (χ0n) is 10.8. The van der Waals surface area contributed by atoms with Crippen LogP contribution >= 0.6 is 15.9 Å². The van der Waals surface area contributed by atoms with Crippen LogP contribution in [0.2, 0.25) is 0 Å². The average molecular weight is 333 g/mol. The Labute approximate surface area is 125 Å². The van der Waals surface area contributed by atoms with Gasteiger partial charge in [-0.2, -0.15) is 0 Å². The first-order chi connectivity index (χ1) is 9.58. The molecule has 2 rings (SSSR count). The van der Waals surface area contributed by atoms with Crippen LogP contribution in [-0.2, 0) is 4.84 Å². The van der Waals surface area contributed by atoms with Gasteiger partial charge < -0.3 is 10.6 Å². The van der Waals surface area contributed by atoms with E-state index in [2.05, 4.69) is 21.1 Å². The second-order valence-corrected chi connectivity index (χ2v) is 5.06. The van der Waals surface area contributed by atoms with Gasteiger partial charge in [0.2, 0.25) is 0 Å². The molecule has 4 nitrogen and oxygen atoms in total. The summed E-state index contributed by atoms with van der Waals surface area (Å²) in [5.74, 6) is -0.405. The van der Waals surface area contributed by atoms with Crippen molar-refractivity contribution in [2.75, 3.05) is 0 Å². The molecule has 0 spiro atoms. The minimum Gasteiger partial charge on any atom is -0.380 e. The van der Waals surface area contributed by atoms with Crippen molar-refractivity contribution >= 4 is 27.7 Å². The van der Waals surface area contributed by atoms with Crippen molar-refractivity contribution in [3.8, 4) is 0 Å². The minimum absolute atomic E-state index is 0.158. The zero-order valence-corrected chi connectivity index (χ0v) is 12.4. The van der Waals surface area contributed by atoms with E-state index in [9.17, 15) is 4.79 Å². The van der Waals surface area contributed by atoms with Gasteiger partial charge in [-0.1, -0.05) is 47.1 Å². The largest absolute Gasteiger partial charge is 0.380 e. The summed E-state index contributed by atoms with van der Waals surface area (Å²) in [4.78, 5) is 16.7. The summed E-state index contributed by atoms with van der Waals surface area (Å²) in [7, 11) is 0. The van der Waals surface area contributed by atoms with Gasteiger partial charge >= 0.3 is 5.97 Å². The van der Waals surface area contributed by atoms with Crippen LogP contribution < -0.4 is 5.73 Å². The summed E-state index contributed by atoms with van der Waals surface area (Å²) < 4.78 is 0.647. The molecule has 0 saturated carbocycles. The Morgan fingerprint density at radius 2 is 1.80 bits per heavy atom. The molecule has 2 aromatic rings. The smallest absolute Gasteiger partial charge is 0.366 e. The van der Waals surface area contributed by atoms with Crippen molar-refractivity contribution in [2.45, 2.75) is 6.92 Å². The molecule has 0 heterocycles. The van der Waals surface area contributed by atoms with Gasteiger partial charge in [-0.05, 0) is 35.0 Å². The Hall–Kier alpha value is -2.14. The van der Waals surface area contributed by atoms with Crippen molar-refractivity contribution in [1.29, 1.82) is 0 Å². The number of carbonyl (C=O) groups excluding carboxylic acids is 1. The third kappa shape index (κ3) is 3.45. The monoisotopic (exact) mass is 332 g/mol. The number of rotatable bonds is 3. The molecule has 0 aliphatic heterocycles. The molecule has 0 radical (unpaired) electrons. The number of hydrogen-bond donors (Lipinski definition) is 1. The van der Waals surface area contributed by atoms with E-state index in [0.717, 1.165) is 5.56 Å². The SMILES string of the molecule is Cc1ccc(C(N)=NOC(=O)c2ccccc2Br)cc1. The molecule has 0 aliphatic carbocycles. The van der Waals surface area contributed by atoms with Crippen molar-refractivity contribution in [3.63, 3.8) is 0 Å². The highest BCUT2D eigenvalue weighted by Crippen LogP contribution is 2.16. The maximum absolute atomic E-state index is 11.8. The van der Waals surface area contributed by atoms with Crippen LogP contribution in [-0.4, -0.2) is 11.8 Å². The lowest BCUT2D eigenvalue weighted by atomic mass is 10.1. The zero-order chi connectivity index (χ0) is 14.5. The number of carbonyl (C=O) groups is 1. The van der Waals surface area contributed by atoms with E-state index in [-0.39, 0.29) is 5.84 Å². The predicted octanol–water partition coefficient (Wildman–Crippen LogP) is 3.23. The maximum Gasteiger partial charge on any atom is 0.366 e. The fourth-order valence-corrected chi connectivity index (χ4v) is 1.99. The van der Waals surface area contributed by atoms with Gasteiger partial charge in [-0.3, -0.25) is 0 Å². The van der Waals surface area contributed by atoms with Crippen molar-refractivity contribution < 1.29 is 9.63 Å². The standard InChI is InChI=1S/C15H13BrN2O2/c1-10-6-8-11(9-7-10)14(17)18-20-15(19)12-4-2-3-5-13(12)16/h2-9H,1H3,(H2,17,18). The highest BCUT2D eigenvalue weighted by molar-refractivity contribution is 9.10. The van der Waals surface area contributed by atoms with E-state index in [1.807, 2.05) is 37.3 Å². The van der Waals surface area contributed by atoms with Gasteiger partial charge in [0, 0.05) is 10.0 Å². The van der Waals surface area contributed by atoms with E-state index in [1.165, 1.54) is 0 Å². The van der Waals surface area contributed by atoms with E-state index in [0.29, 0.717) is 15.6 Å². The van der Waals surface area contributed by atoms with Crippen LogP contribution in [0.3, 0.4) is 0 Å². The van der Waals surface area contributed by atoms with E-state index >= 15 is 0 Å².